The summed E-state index contributed by atoms with van der Waals surface area (Å²) in [4.78, 5) is -0.0117. The van der Waals surface area contributed by atoms with Crippen LogP contribution in [-0.4, -0.2) is 8.42 Å². The standard InChI is InChI=1S/C6H6NO4PS/c7-13(9,10)6-3-1-5(2-4-6)11-12-8/h1-4H,(H2,7,9,10). The molecule has 0 spiro atoms. The average Bonchev–Trinajstić information content (AvgIpc) is 2.04. The molecule has 0 radical (unpaired) electrons. The first-order valence-electron chi connectivity index (χ1n) is 3.16. The van der Waals surface area contributed by atoms with E-state index in [4.69, 9.17) is 5.14 Å². The minimum Gasteiger partial charge on any atom is -0.408 e. The van der Waals surface area contributed by atoms with Crippen molar-refractivity contribution in [2.75, 3.05) is 0 Å². The molecule has 2 N–H and O–H groups in total. The van der Waals surface area contributed by atoms with Gasteiger partial charge in [-0.25, -0.2) is 18.1 Å². The third-order valence-electron chi connectivity index (χ3n) is 1.29. The number of rotatable bonds is 3. The molecule has 0 aliphatic rings. The molecule has 0 aromatic heterocycles. The third-order valence-corrected chi connectivity index (χ3v) is 2.51. The van der Waals surface area contributed by atoms with Crippen molar-refractivity contribution in [3.8, 4) is 5.75 Å². The lowest BCUT2D eigenvalue weighted by Gasteiger charge is -1.98. The summed E-state index contributed by atoms with van der Waals surface area (Å²) < 4.78 is 36.1. The van der Waals surface area contributed by atoms with Crippen LogP contribution in [0.25, 0.3) is 0 Å². The Labute approximate surface area is 76.9 Å². The van der Waals surface area contributed by atoms with Crippen molar-refractivity contribution < 1.29 is 17.5 Å². The van der Waals surface area contributed by atoms with Gasteiger partial charge in [-0.05, 0) is 24.3 Å². The minimum atomic E-state index is -3.67. The highest BCUT2D eigenvalue weighted by Gasteiger charge is 2.06. The van der Waals surface area contributed by atoms with E-state index in [9.17, 15) is 13.0 Å². The van der Waals surface area contributed by atoms with Crippen LogP contribution in [0, 0.1) is 0 Å². The molecule has 1 rings (SSSR count). The van der Waals surface area contributed by atoms with Crippen molar-refractivity contribution in [1.29, 1.82) is 0 Å². The molecule has 0 saturated heterocycles. The summed E-state index contributed by atoms with van der Waals surface area (Å²) in [5.41, 5.74) is 0. The second-order valence-corrected chi connectivity index (χ2v) is 4.08. The fourth-order valence-electron chi connectivity index (χ4n) is 0.733. The van der Waals surface area contributed by atoms with E-state index in [2.05, 4.69) is 4.52 Å². The minimum absolute atomic E-state index is 0.0117. The number of benzene rings is 1. The second kappa shape index (κ2) is 3.83. The van der Waals surface area contributed by atoms with Gasteiger partial charge >= 0.3 is 8.69 Å². The van der Waals surface area contributed by atoms with E-state index in [1.807, 2.05) is 0 Å². The third kappa shape index (κ3) is 2.77. The topological polar surface area (TPSA) is 86.5 Å². The molecule has 1 aromatic carbocycles. The van der Waals surface area contributed by atoms with Gasteiger partial charge in [0.1, 0.15) is 5.75 Å². The average molecular weight is 219 g/mol. The molecule has 0 unspecified atom stereocenters. The normalized spacial score (nSPS) is 11.5. The molecule has 13 heavy (non-hydrogen) atoms. The molecule has 70 valence electrons. The predicted octanol–water partition coefficient (Wildman–Crippen LogP) is 0.919. The van der Waals surface area contributed by atoms with Crippen molar-refractivity contribution in [2.45, 2.75) is 4.90 Å². The Morgan fingerprint density at radius 2 is 1.77 bits per heavy atom. The van der Waals surface area contributed by atoms with E-state index in [-0.39, 0.29) is 4.90 Å². The van der Waals surface area contributed by atoms with Crippen molar-refractivity contribution in [3.05, 3.63) is 24.3 Å². The molecule has 5 nitrogen and oxygen atoms in total. The summed E-state index contributed by atoms with van der Waals surface area (Å²) in [6.45, 7) is 0. The van der Waals surface area contributed by atoms with Gasteiger partial charge in [0.25, 0.3) is 0 Å². The van der Waals surface area contributed by atoms with Gasteiger partial charge in [0.15, 0.2) is 0 Å². The van der Waals surface area contributed by atoms with Gasteiger partial charge in [0.05, 0.1) is 4.90 Å². The lowest BCUT2D eigenvalue weighted by Crippen LogP contribution is -2.11. The van der Waals surface area contributed by atoms with Crippen LogP contribution >= 0.6 is 8.69 Å². The Morgan fingerprint density at radius 1 is 1.23 bits per heavy atom. The fraction of sp³-hybridized carbons (Fsp3) is 0. The van der Waals surface area contributed by atoms with Crippen molar-refractivity contribution in [1.82, 2.24) is 0 Å². The lowest BCUT2D eigenvalue weighted by atomic mass is 10.3. The Kier molecular flexibility index (Phi) is 2.98. The van der Waals surface area contributed by atoms with Crippen LogP contribution in [0.2, 0.25) is 0 Å². The van der Waals surface area contributed by atoms with Crippen LogP contribution in [0.3, 0.4) is 0 Å². The van der Waals surface area contributed by atoms with E-state index in [1.165, 1.54) is 24.3 Å². The second-order valence-electron chi connectivity index (χ2n) is 2.18. The summed E-state index contributed by atoms with van der Waals surface area (Å²) in [6.07, 6.45) is 0. The summed E-state index contributed by atoms with van der Waals surface area (Å²) in [7, 11) is -4.16. The Balaban J connectivity index is 3.01. The molecule has 0 aliphatic heterocycles. The Hall–Kier alpha value is -0.970. The summed E-state index contributed by atoms with van der Waals surface area (Å²) in [5, 5.41) is 4.85. The number of sulfonamides is 1. The summed E-state index contributed by atoms with van der Waals surface area (Å²) in [5.74, 6) is 0.309. The fourth-order valence-corrected chi connectivity index (χ4v) is 1.46. The predicted molar refractivity (Wildman–Crippen MR) is 46.0 cm³/mol. The first-order chi connectivity index (χ1) is 6.04. The van der Waals surface area contributed by atoms with Gasteiger partial charge in [0.2, 0.25) is 10.0 Å². The monoisotopic (exact) mass is 219 g/mol. The zero-order chi connectivity index (χ0) is 9.90. The van der Waals surface area contributed by atoms with Gasteiger partial charge in [0, 0.05) is 0 Å². The first-order valence-corrected chi connectivity index (χ1v) is 5.44. The van der Waals surface area contributed by atoms with E-state index in [1.54, 1.807) is 0 Å². The highest BCUT2D eigenvalue weighted by atomic mass is 32.2. The van der Waals surface area contributed by atoms with Crippen LogP contribution in [0.1, 0.15) is 0 Å². The van der Waals surface area contributed by atoms with E-state index in [0.29, 0.717) is 5.75 Å². The van der Waals surface area contributed by atoms with E-state index in [0.717, 1.165) is 0 Å². The number of hydrogen-bond acceptors (Lipinski definition) is 4. The Morgan fingerprint density at radius 3 is 2.15 bits per heavy atom. The van der Waals surface area contributed by atoms with Crippen LogP contribution in [0.4, 0.5) is 0 Å². The van der Waals surface area contributed by atoms with Crippen LogP contribution in [0.5, 0.6) is 5.75 Å². The SMILES string of the molecule is NS(=O)(=O)c1ccc(OP=O)cc1. The molecular formula is C6H6NO4PS. The number of primary sulfonamides is 1. The van der Waals surface area contributed by atoms with E-state index >= 15 is 0 Å². The van der Waals surface area contributed by atoms with E-state index < -0.39 is 18.7 Å². The molecule has 0 fully saturated rings. The quantitative estimate of drug-likeness (QED) is 0.765. The lowest BCUT2D eigenvalue weighted by molar-refractivity contribution is 0.525. The van der Waals surface area contributed by atoms with Gasteiger partial charge in [-0.1, -0.05) is 0 Å². The number of hydrogen-bond donors (Lipinski definition) is 1. The summed E-state index contributed by atoms with van der Waals surface area (Å²) >= 11 is 0. The molecule has 0 heterocycles. The van der Waals surface area contributed by atoms with Gasteiger partial charge < -0.3 is 4.52 Å². The molecular weight excluding hydrogens is 213 g/mol. The zero-order valence-corrected chi connectivity index (χ0v) is 8.09. The first kappa shape index (κ1) is 10.1. The zero-order valence-electron chi connectivity index (χ0n) is 6.38. The molecule has 0 bridgehead atoms. The molecule has 1 aromatic rings. The van der Waals surface area contributed by atoms with Crippen molar-refractivity contribution >= 4 is 18.7 Å². The maximum absolute atomic E-state index is 10.8. The Bertz CT molecular complexity index is 399. The smallest absolute Gasteiger partial charge is 0.395 e. The molecule has 0 aliphatic carbocycles. The highest BCUT2D eigenvalue weighted by molar-refractivity contribution is 7.89. The molecule has 0 amide bonds. The van der Waals surface area contributed by atoms with Crippen LogP contribution in [0.15, 0.2) is 29.2 Å². The molecule has 0 saturated carbocycles. The maximum atomic E-state index is 10.8. The largest absolute Gasteiger partial charge is 0.408 e. The maximum Gasteiger partial charge on any atom is 0.395 e. The summed E-state index contributed by atoms with van der Waals surface area (Å²) in [6, 6.07) is 5.28. The van der Waals surface area contributed by atoms with Crippen LogP contribution < -0.4 is 9.66 Å². The van der Waals surface area contributed by atoms with Crippen molar-refractivity contribution in [2.24, 2.45) is 5.14 Å². The highest BCUT2D eigenvalue weighted by Crippen LogP contribution is 2.17. The van der Waals surface area contributed by atoms with Gasteiger partial charge in [-0.15, -0.1) is 0 Å². The van der Waals surface area contributed by atoms with Crippen molar-refractivity contribution in [3.63, 3.8) is 0 Å². The molecule has 7 heteroatoms. The van der Waals surface area contributed by atoms with Crippen LogP contribution in [-0.2, 0) is 14.6 Å². The van der Waals surface area contributed by atoms with Gasteiger partial charge in [-0.2, -0.15) is 0 Å². The van der Waals surface area contributed by atoms with Gasteiger partial charge in [-0.3, -0.25) is 0 Å². The number of nitrogens with two attached hydrogens (primary N) is 1. The molecule has 0 atom stereocenters.